The predicted molar refractivity (Wildman–Crippen MR) is 108 cm³/mol. The molecule has 1 rings (SSSR count). The number of hydrogen-bond acceptors (Lipinski definition) is 10. The first-order valence-corrected chi connectivity index (χ1v) is 9.74. The number of carboxylic acids is 2. The van der Waals surface area contributed by atoms with Gasteiger partial charge in [-0.2, -0.15) is 0 Å². The van der Waals surface area contributed by atoms with E-state index in [1.54, 1.807) is 0 Å². The molecule has 15 nitrogen and oxygen atoms in total. The molecule has 174 valence electrons. The van der Waals surface area contributed by atoms with Crippen molar-refractivity contribution in [3.05, 3.63) is 38.4 Å². The van der Waals surface area contributed by atoms with Gasteiger partial charge in [0, 0.05) is 18.2 Å². The highest BCUT2D eigenvalue weighted by molar-refractivity contribution is 7.99. The Morgan fingerprint density at radius 2 is 1.78 bits per heavy atom. The molecule has 0 radical (unpaired) electrons. The third-order valence-corrected chi connectivity index (χ3v) is 4.97. The molecule has 0 bridgehead atoms. The van der Waals surface area contributed by atoms with Crippen LogP contribution in [0.15, 0.2) is 23.1 Å². The summed E-state index contributed by atoms with van der Waals surface area (Å²) in [5.74, 6) is -4.74. The lowest BCUT2D eigenvalue weighted by atomic mass is 10.1. The fraction of sp³-hybridized carbons (Fsp3) is 0.375. The van der Waals surface area contributed by atoms with E-state index in [9.17, 15) is 39.4 Å². The molecular weight excluding hydrogens is 454 g/mol. The van der Waals surface area contributed by atoms with E-state index in [0.29, 0.717) is 11.8 Å². The van der Waals surface area contributed by atoms with Gasteiger partial charge in [0.15, 0.2) is 0 Å². The minimum atomic E-state index is -1.38. The summed E-state index contributed by atoms with van der Waals surface area (Å²) in [6, 6.07) is 0.662. The van der Waals surface area contributed by atoms with Crippen LogP contribution in [-0.2, 0) is 19.2 Å². The number of carboxylic acid groups (broad SMARTS) is 2. The molecule has 6 N–H and O–H groups in total. The summed E-state index contributed by atoms with van der Waals surface area (Å²) in [5.41, 5.74) is 3.74. The summed E-state index contributed by atoms with van der Waals surface area (Å²) in [6.45, 7) is -0.767. The highest BCUT2D eigenvalue weighted by Crippen LogP contribution is 2.37. The van der Waals surface area contributed by atoms with E-state index >= 15 is 0 Å². The summed E-state index contributed by atoms with van der Waals surface area (Å²) in [5, 5.41) is 44.1. The average Bonchev–Trinajstić information content (AvgIpc) is 2.72. The van der Waals surface area contributed by atoms with E-state index in [0.717, 1.165) is 6.07 Å². The molecule has 0 aliphatic rings. The maximum atomic E-state index is 12.3. The molecule has 0 aromatic heterocycles. The van der Waals surface area contributed by atoms with E-state index < -0.39 is 63.6 Å². The predicted octanol–water partition coefficient (Wildman–Crippen LogP) is -0.527. The average molecular weight is 473 g/mol. The number of carbonyl (C=O) groups excluding carboxylic acids is 2. The highest BCUT2D eigenvalue weighted by Gasteiger charge is 2.30. The quantitative estimate of drug-likeness (QED) is 0.138. The first kappa shape index (κ1) is 26.2. The molecule has 0 aliphatic carbocycles. The van der Waals surface area contributed by atoms with Gasteiger partial charge in [-0.3, -0.25) is 39.4 Å². The number of nitro groups is 2. The molecule has 0 saturated carbocycles. The van der Waals surface area contributed by atoms with Crippen molar-refractivity contribution in [3.8, 4) is 0 Å². The zero-order valence-electron chi connectivity index (χ0n) is 16.3. The van der Waals surface area contributed by atoms with Gasteiger partial charge in [-0.25, -0.2) is 0 Å². The van der Waals surface area contributed by atoms with E-state index in [2.05, 4.69) is 5.32 Å². The van der Waals surface area contributed by atoms with Gasteiger partial charge in [0.2, 0.25) is 11.8 Å². The van der Waals surface area contributed by atoms with Crippen LogP contribution in [0.4, 0.5) is 11.4 Å². The second kappa shape index (κ2) is 12.2. The summed E-state index contributed by atoms with van der Waals surface area (Å²) < 4.78 is 0. The van der Waals surface area contributed by atoms with Gasteiger partial charge in [0.25, 0.3) is 0 Å². The van der Waals surface area contributed by atoms with Gasteiger partial charge < -0.3 is 26.6 Å². The van der Waals surface area contributed by atoms with Crippen LogP contribution in [0.5, 0.6) is 0 Å². The van der Waals surface area contributed by atoms with E-state index in [4.69, 9.17) is 15.9 Å². The smallest absolute Gasteiger partial charge is 0.359 e. The standard InChI is InChI=1S/C16H19N5O10S/c17-8(16(26)27)4-5-12(22)19-9(15(25)18-6-13(23)24)7-32-11-3-1-2-10(20(28)29)14(11)21(30)31/h1-3,8-9H,4-7,17H2,(H,18,25)(H,19,22)(H,23,24)(H,26,27). The van der Waals surface area contributed by atoms with Crippen LogP contribution in [0.3, 0.4) is 0 Å². The number of nitrogens with zero attached hydrogens (tertiary/aromatic N) is 2. The normalized spacial score (nSPS) is 12.3. The van der Waals surface area contributed by atoms with Gasteiger partial charge in [0.05, 0.1) is 14.7 Å². The number of nitrogens with two attached hydrogens (primary N) is 1. The summed E-state index contributed by atoms with van der Waals surface area (Å²) in [4.78, 5) is 66.1. The molecule has 0 saturated heterocycles. The number of nitrogens with one attached hydrogen (secondary N) is 2. The van der Waals surface area contributed by atoms with Crippen molar-refractivity contribution < 1.29 is 39.2 Å². The Bertz CT molecular complexity index is 924. The number of rotatable bonds is 13. The Morgan fingerprint density at radius 1 is 1.12 bits per heavy atom. The molecule has 2 unspecified atom stereocenters. The molecule has 2 atom stereocenters. The molecule has 16 heteroatoms. The zero-order chi connectivity index (χ0) is 24.4. The molecule has 0 heterocycles. The monoisotopic (exact) mass is 473 g/mol. The summed E-state index contributed by atoms with van der Waals surface area (Å²) in [7, 11) is 0. The fourth-order valence-corrected chi connectivity index (χ4v) is 3.35. The molecule has 0 fully saturated rings. The molecule has 32 heavy (non-hydrogen) atoms. The van der Waals surface area contributed by atoms with Crippen LogP contribution in [0.1, 0.15) is 12.8 Å². The Labute approximate surface area is 183 Å². The molecule has 1 aromatic rings. The van der Waals surface area contributed by atoms with Crippen molar-refractivity contribution in [2.75, 3.05) is 12.3 Å². The highest BCUT2D eigenvalue weighted by atomic mass is 32.2. The number of benzene rings is 1. The van der Waals surface area contributed by atoms with Crippen LogP contribution in [0.25, 0.3) is 0 Å². The minimum absolute atomic E-state index is 0.151. The third kappa shape index (κ3) is 8.15. The van der Waals surface area contributed by atoms with E-state index in [1.807, 2.05) is 5.32 Å². The first-order valence-electron chi connectivity index (χ1n) is 8.75. The SMILES string of the molecule is NC(CCC(=O)NC(CSc1cccc([N+](=O)[O-])c1[N+](=O)[O-])C(=O)NCC(=O)O)C(=O)O. The Hall–Kier alpha value is -3.79. The lowest BCUT2D eigenvalue weighted by Crippen LogP contribution is -2.49. The Kier molecular flexibility index (Phi) is 9.97. The number of aliphatic carboxylic acids is 2. The van der Waals surface area contributed by atoms with Gasteiger partial charge in [0.1, 0.15) is 18.6 Å². The third-order valence-electron chi connectivity index (χ3n) is 3.83. The van der Waals surface area contributed by atoms with Gasteiger partial charge in [-0.1, -0.05) is 6.07 Å². The number of para-hydroxylation sites is 1. The second-order valence-corrected chi connectivity index (χ2v) is 7.23. The molecule has 0 aliphatic heterocycles. The minimum Gasteiger partial charge on any atom is -0.480 e. The second-order valence-electron chi connectivity index (χ2n) is 6.16. The molecule has 1 aromatic carbocycles. The van der Waals surface area contributed by atoms with Crippen molar-refractivity contribution in [2.45, 2.75) is 29.8 Å². The number of hydrogen-bond donors (Lipinski definition) is 5. The van der Waals surface area contributed by atoms with Crippen molar-refractivity contribution in [1.29, 1.82) is 0 Å². The number of amides is 2. The number of carbonyl (C=O) groups is 4. The van der Waals surface area contributed by atoms with Crippen molar-refractivity contribution in [2.24, 2.45) is 5.73 Å². The van der Waals surface area contributed by atoms with Crippen LogP contribution in [0, 0.1) is 20.2 Å². The molecular formula is C16H19N5O10S. The number of thioether (sulfide) groups is 1. The molecule has 0 spiro atoms. The van der Waals surface area contributed by atoms with Crippen molar-refractivity contribution in [3.63, 3.8) is 0 Å². The molecule has 2 amide bonds. The maximum Gasteiger partial charge on any atom is 0.359 e. The fourth-order valence-electron chi connectivity index (χ4n) is 2.28. The van der Waals surface area contributed by atoms with Gasteiger partial charge >= 0.3 is 23.3 Å². The van der Waals surface area contributed by atoms with Crippen molar-refractivity contribution in [1.82, 2.24) is 10.6 Å². The van der Waals surface area contributed by atoms with E-state index in [-0.39, 0.29) is 23.5 Å². The largest absolute Gasteiger partial charge is 0.480 e. The van der Waals surface area contributed by atoms with Crippen LogP contribution < -0.4 is 16.4 Å². The zero-order valence-corrected chi connectivity index (χ0v) is 17.1. The van der Waals surface area contributed by atoms with Crippen LogP contribution in [0.2, 0.25) is 0 Å². The Morgan fingerprint density at radius 3 is 2.31 bits per heavy atom. The van der Waals surface area contributed by atoms with Gasteiger partial charge in [-0.05, 0) is 12.5 Å². The van der Waals surface area contributed by atoms with Crippen LogP contribution in [-0.4, -0.2) is 68.2 Å². The maximum absolute atomic E-state index is 12.3. The first-order chi connectivity index (χ1) is 14.9. The van der Waals surface area contributed by atoms with Gasteiger partial charge in [-0.15, -0.1) is 11.8 Å². The number of nitro benzene ring substituents is 2. The Balaban J connectivity index is 3.00. The summed E-state index contributed by atoms with van der Waals surface area (Å²) >= 11 is 0.661. The van der Waals surface area contributed by atoms with Crippen LogP contribution >= 0.6 is 11.8 Å². The lowest BCUT2D eigenvalue weighted by Gasteiger charge is -2.18. The lowest BCUT2D eigenvalue weighted by molar-refractivity contribution is -0.424. The topological polar surface area (TPSA) is 245 Å². The van der Waals surface area contributed by atoms with Crippen molar-refractivity contribution >= 4 is 46.9 Å². The van der Waals surface area contributed by atoms with E-state index in [1.165, 1.54) is 12.1 Å². The summed E-state index contributed by atoms with van der Waals surface area (Å²) in [6.07, 6.45) is -0.605.